The summed E-state index contributed by atoms with van der Waals surface area (Å²) in [7, 11) is -4.62. The van der Waals surface area contributed by atoms with Crippen molar-refractivity contribution < 1.29 is 32.3 Å². The quantitative estimate of drug-likeness (QED) is 0.0841. The number of rotatable bonds is 12. The van der Waals surface area contributed by atoms with Crippen molar-refractivity contribution in [3.05, 3.63) is 105 Å². The van der Waals surface area contributed by atoms with Gasteiger partial charge in [0.15, 0.2) is 0 Å². The van der Waals surface area contributed by atoms with E-state index in [4.69, 9.17) is 35.8 Å². The highest BCUT2D eigenvalue weighted by Gasteiger charge is 2.33. The molecule has 3 aromatic heterocycles. The molecule has 0 bridgehead atoms. The number of hydrogen-bond donors (Lipinski definition) is 3. The lowest BCUT2D eigenvalue weighted by atomic mass is 9.72. The number of amides is 1. The molecule has 3 aliphatic heterocycles. The van der Waals surface area contributed by atoms with E-state index in [9.17, 15) is 23.3 Å². The van der Waals surface area contributed by atoms with E-state index >= 15 is 0 Å². The van der Waals surface area contributed by atoms with Crippen LogP contribution in [0.5, 0.6) is 5.88 Å². The minimum absolute atomic E-state index is 0.0117. The van der Waals surface area contributed by atoms with E-state index in [0.29, 0.717) is 75.5 Å². The first kappa shape index (κ1) is 44.4. The molecule has 1 atom stereocenters. The van der Waals surface area contributed by atoms with E-state index in [0.717, 1.165) is 55.4 Å². The van der Waals surface area contributed by atoms with Crippen molar-refractivity contribution in [2.75, 3.05) is 87.4 Å². The van der Waals surface area contributed by atoms with Gasteiger partial charge in [-0.3, -0.25) is 19.8 Å². The third kappa shape index (κ3) is 9.91. The molecule has 9 rings (SSSR count). The van der Waals surface area contributed by atoms with E-state index < -0.39 is 31.4 Å². The molecule has 65 heavy (non-hydrogen) atoms. The van der Waals surface area contributed by atoms with Gasteiger partial charge in [0.2, 0.25) is 5.88 Å². The minimum atomic E-state index is -4.62. The molecule has 0 unspecified atom stereocenters. The maximum atomic E-state index is 14.3. The second kappa shape index (κ2) is 18.6. The van der Waals surface area contributed by atoms with E-state index in [1.807, 2.05) is 29.2 Å². The Bertz CT molecular complexity index is 2730. The summed E-state index contributed by atoms with van der Waals surface area (Å²) in [4.78, 5) is 44.8. The molecule has 3 N–H and O–H groups in total. The summed E-state index contributed by atoms with van der Waals surface area (Å²) >= 11 is 6.26. The minimum Gasteiger partial charge on any atom is -0.476 e. The number of carbonyl (C=O) groups excluding carboxylic acids is 1. The number of pyridine rings is 2. The van der Waals surface area contributed by atoms with Gasteiger partial charge in [-0.25, -0.2) is 18.1 Å². The highest BCUT2D eigenvalue weighted by atomic mass is 35.5. The van der Waals surface area contributed by atoms with E-state index in [1.54, 1.807) is 18.3 Å². The van der Waals surface area contributed by atoms with Gasteiger partial charge in [-0.15, -0.1) is 0 Å². The Labute approximate surface area is 382 Å². The number of aromatic nitrogens is 3. The zero-order valence-corrected chi connectivity index (χ0v) is 37.9. The fourth-order valence-corrected chi connectivity index (χ4v) is 10.1. The number of halogens is 1. The van der Waals surface area contributed by atoms with Crippen molar-refractivity contribution in [3.63, 3.8) is 0 Å². The topological polar surface area (TPSA) is 197 Å². The number of nitrogens with one attached hydrogen (secondary N) is 3. The van der Waals surface area contributed by atoms with E-state index in [-0.39, 0.29) is 35.1 Å². The maximum Gasteiger partial charge on any atom is 0.293 e. The number of benzene rings is 2. The van der Waals surface area contributed by atoms with E-state index in [2.05, 4.69) is 50.8 Å². The first-order valence-corrected chi connectivity index (χ1v) is 23.8. The Balaban J connectivity index is 0.986. The van der Waals surface area contributed by atoms with Gasteiger partial charge in [0.1, 0.15) is 28.7 Å². The highest BCUT2D eigenvalue weighted by Crippen LogP contribution is 2.44. The number of nitro benzene ring substituents is 1. The van der Waals surface area contributed by atoms with Crippen LogP contribution in [-0.4, -0.2) is 117 Å². The molecule has 2 fully saturated rings. The number of H-pyrrole nitrogens is 1. The number of carbonyl (C=O) groups is 1. The number of sulfonamides is 1. The predicted octanol–water partition coefficient (Wildman–Crippen LogP) is 7.17. The van der Waals surface area contributed by atoms with Crippen molar-refractivity contribution in [1.82, 2.24) is 24.6 Å². The van der Waals surface area contributed by atoms with Crippen LogP contribution in [0.1, 0.15) is 55.5 Å². The number of nitro groups is 1. The molecule has 342 valence electrons. The molecule has 1 aliphatic carbocycles. The first-order chi connectivity index (χ1) is 31.3. The normalized spacial score (nSPS) is 19.3. The largest absolute Gasteiger partial charge is 0.476 e. The monoisotopic (exact) mass is 925 g/mol. The number of anilines is 4. The molecule has 4 aliphatic rings. The Hall–Kier alpha value is -5.79. The molecular weight excluding hydrogens is 874 g/mol. The first-order valence-electron chi connectivity index (χ1n) is 21.9. The molecule has 17 nitrogen and oxygen atoms in total. The summed E-state index contributed by atoms with van der Waals surface area (Å²) in [6, 6.07) is 18.7. The van der Waals surface area contributed by atoms with Crippen molar-refractivity contribution in [1.29, 1.82) is 0 Å². The van der Waals surface area contributed by atoms with Crippen LogP contribution in [0.4, 0.5) is 28.7 Å². The Morgan fingerprint density at radius 3 is 2.58 bits per heavy atom. The second-order valence-corrected chi connectivity index (χ2v) is 19.8. The molecular formula is C46H52ClN9O8S. The Morgan fingerprint density at radius 1 is 1.00 bits per heavy atom. The third-order valence-corrected chi connectivity index (χ3v) is 14.1. The number of ether oxygens (including phenoxy) is 3. The lowest BCUT2D eigenvalue weighted by molar-refractivity contribution is -0.384. The summed E-state index contributed by atoms with van der Waals surface area (Å²) in [5, 5.41) is 16.7. The molecule has 2 saturated heterocycles. The Kier molecular flexibility index (Phi) is 12.7. The predicted molar refractivity (Wildman–Crippen MR) is 249 cm³/mol. The van der Waals surface area contributed by atoms with Gasteiger partial charge in [0.05, 0.1) is 47.9 Å². The lowest BCUT2D eigenvalue weighted by Crippen LogP contribution is -2.47. The maximum absolute atomic E-state index is 14.3. The number of aromatic amines is 1. The van der Waals surface area contributed by atoms with Crippen LogP contribution in [0.25, 0.3) is 16.6 Å². The standard InChI is InChI=1S/C46H52ClN9O8S/c1-46(2)14-12-32(37(26-46)30-4-6-33(47)7-5-30)28-53-17-19-54(20-18-53)41-11-9-36(43(50-41)55-16-3-21-64-45-40(55)24-31-13-15-48-42(31)51-45)44(57)52-65(60,61)35-8-10-38(39(25-35)56(58)59)49-27-34-29-62-22-23-63-34/h4-11,13,15,24-25,34,49H,3,12,14,16-23,26-29H2,1-2H3,(H,48,51)(H,52,57)/t34-/m0/s1. The molecule has 0 spiro atoms. The smallest absolute Gasteiger partial charge is 0.293 e. The summed E-state index contributed by atoms with van der Waals surface area (Å²) in [6.07, 6.45) is 5.17. The summed E-state index contributed by atoms with van der Waals surface area (Å²) in [5.74, 6) is 0.249. The Morgan fingerprint density at radius 2 is 1.82 bits per heavy atom. The van der Waals surface area contributed by atoms with Gasteiger partial charge in [-0.05, 0) is 90.8 Å². The SMILES string of the molecule is CC1(C)CCC(CN2CCN(c3ccc(C(=O)NS(=O)(=O)c4ccc(NC[C@H]5COCCO5)c([N+](=O)[O-])c4)c(N4CCCOc5nc6[nH]ccc6cc54)n3)CC2)=C(c2ccc(Cl)cc2)C1. The van der Waals surface area contributed by atoms with Gasteiger partial charge < -0.3 is 34.3 Å². The third-order valence-electron chi connectivity index (χ3n) is 12.5. The molecule has 19 heteroatoms. The average Bonchev–Trinajstić information content (AvgIpc) is 3.66. The number of nitrogens with zero attached hydrogens (tertiary/aromatic N) is 6. The van der Waals surface area contributed by atoms with Crippen LogP contribution in [-0.2, 0) is 19.5 Å². The van der Waals surface area contributed by atoms with Crippen molar-refractivity contribution in [3.8, 4) is 5.88 Å². The lowest BCUT2D eigenvalue weighted by Gasteiger charge is -2.39. The van der Waals surface area contributed by atoms with Crippen LogP contribution in [0, 0.1) is 15.5 Å². The van der Waals surface area contributed by atoms with Crippen molar-refractivity contribution in [2.45, 2.75) is 50.5 Å². The average molecular weight is 926 g/mol. The van der Waals surface area contributed by atoms with E-state index in [1.165, 1.54) is 28.8 Å². The van der Waals surface area contributed by atoms with Gasteiger partial charge in [-0.2, -0.15) is 4.98 Å². The number of allylic oxidation sites excluding steroid dienone is 1. The van der Waals surface area contributed by atoms with Crippen LogP contribution in [0.2, 0.25) is 5.02 Å². The fraction of sp³-hybridized carbons (Fsp3) is 0.413. The summed E-state index contributed by atoms with van der Waals surface area (Å²) in [5.41, 5.74) is 5.11. The fourth-order valence-electron chi connectivity index (χ4n) is 8.95. The molecule has 1 amide bonds. The van der Waals surface area contributed by atoms with Crippen LogP contribution >= 0.6 is 11.6 Å². The van der Waals surface area contributed by atoms with Crippen molar-refractivity contribution in [2.24, 2.45) is 5.41 Å². The molecule has 6 heterocycles. The molecule has 0 saturated carbocycles. The molecule has 5 aromatic rings. The zero-order valence-electron chi connectivity index (χ0n) is 36.3. The second-order valence-electron chi connectivity index (χ2n) is 17.6. The summed E-state index contributed by atoms with van der Waals surface area (Å²) < 4.78 is 47.1. The van der Waals surface area contributed by atoms with Gasteiger partial charge >= 0.3 is 0 Å². The van der Waals surface area contributed by atoms with Crippen molar-refractivity contribution >= 4 is 72.8 Å². The number of piperazine rings is 1. The van der Waals surface area contributed by atoms with Gasteiger partial charge in [0.25, 0.3) is 21.6 Å². The zero-order chi connectivity index (χ0) is 45.3. The highest BCUT2D eigenvalue weighted by molar-refractivity contribution is 7.90. The van der Waals surface area contributed by atoms with Gasteiger partial charge in [-0.1, -0.05) is 43.2 Å². The number of hydrogen-bond acceptors (Lipinski definition) is 14. The summed E-state index contributed by atoms with van der Waals surface area (Å²) in [6.45, 7) is 10.6. The molecule has 2 aromatic carbocycles. The van der Waals surface area contributed by atoms with Gasteiger partial charge in [0, 0.05) is 68.5 Å². The van der Waals surface area contributed by atoms with Crippen LogP contribution < -0.4 is 24.6 Å². The van der Waals surface area contributed by atoms with Crippen LogP contribution in [0.15, 0.2) is 83.4 Å². The van der Waals surface area contributed by atoms with Crippen LogP contribution in [0.3, 0.4) is 0 Å². The number of fused-ring (bicyclic) bond motifs is 2. The molecule has 0 radical (unpaired) electrons.